The maximum absolute atomic E-state index is 5.88. The molecule has 0 saturated carbocycles. The summed E-state index contributed by atoms with van der Waals surface area (Å²) >= 11 is 5.88. The third-order valence-corrected chi connectivity index (χ3v) is 3.89. The second kappa shape index (κ2) is 4.96. The van der Waals surface area contributed by atoms with E-state index in [9.17, 15) is 0 Å². The summed E-state index contributed by atoms with van der Waals surface area (Å²) in [5.74, 6) is 1.52. The molecule has 0 unspecified atom stereocenters. The lowest BCUT2D eigenvalue weighted by Crippen LogP contribution is -2.49. The molecule has 0 aliphatic carbocycles. The number of fused-ring (bicyclic) bond motifs is 1. The van der Waals surface area contributed by atoms with Crippen molar-refractivity contribution >= 4 is 28.5 Å². The highest BCUT2D eigenvalue weighted by Gasteiger charge is 2.29. The molecule has 3 aromatic heterocycles. The van der Waals surface area contributed by atoms with Crippen LogP contribution in [-0.2, 0) is 6.54 Å². The minimum atomic E-state index is 0.558. The van der Waals surface area contributed by atoms with Crippen LogP contribution in [0.25, 0.3) is 11.0 Å². The van der Waals surface area contributed by atoms with Gasteiger partial charge in [0.05, 0.1) is 16.6 Å². The highest BCUT2D eigenvalue weighted by molar-refractivity contribution is 6.30. The normalized spacial score (nSPS) is 15.4. The maximum atomic E-state index is 5.88. The van der Waals surface area contributed by atoms with E-state index in [4.69, 9.17) is 11.6 Å². The third kappa shape index (κ3) is 2.31. The smallest absolute Gasteiger partial charge is 0.164 e. The second-order valence-corrected chi connectivity index (χ2v) is 5.66. The Morgan fingerprint density at radius 1 is 1.24 bits per heavy atom. The monoisotopic (exact) mass is 300 g/mol. The molecular weight excluding hydrogens is 288 g/mol. The summed E-state index contributed by atoms with van der Waals surface area (Å²) < 4.78 is 1.89. The second-order valence-electron chi connectivity index (χ2n) is 5.22. The van der Waals surface area contributed by atoms with Crippen LogP contribution in [0.1, 0.15) is 0 Å². The molecule has 0 spiro atoms. The van der Waals surface area contributed by atoms with Crippen molar-refractivity contribution in [2.45, 2.75) is 6.54 Å². The summed E-state index contributed by atoms with van der Waals surface area (Å²) in [4.78, 5) is 15.1. The van der Waals surface area contributed by atoms with Crippen molar-refractivity contribution in [3.63, 3.8) is 0 Å². The van der Waals surface area contributed by atoms with Gasteiger partial charge in [0.2, 0.25) is 0 Å². The number of pyridine rings is 1. The molecule has 1 saturated heterocycles. The molecule has 4 heterocycles. The van der Waals surface area contributed by atoms with E-state index in [1.165, 1.54) is 0 Å². The van der Waals surface area contributed by atoms with Crippen LogP contribution in [-0.4, -0.2) is 37.8 Å². The lowest BCUT2D eigenvalue weighted by atomic mass is 10.00. The van der Waals surface area contributed by atoms with E-state index in [0.29, 0.717) is 10.9 Å². The summed E-state index contributed by atoms with van der Waals surface area (Å²) in [6, 6.07) is 3.93. The van der Waals surface area contributed by atoms with Crippen molar-refractivity contribution in [1.29, 1.82) is 0 Å². The van der Waals surface area contributed by atoms with Gasteiger partial charge in [0.1, 0.15) is 12.1 Å². The van der Waals surface area contributed by atoms with Crippen LogP contribution in [0.4, 0.5) is 5.82 Å². The summed E-state index contributed by atoms with van der Waals surface area (Å²) in [7, 11) is 0. The largest absolute Gasteiger partial charge is 0.355 e. The van der Waals surface area contributed by atoms with Crippen LogP contribution in [0, 0.1) is 5.92 Å². The molecule has 1 aliphatic rings. The first-order valence-corrected chi connectivity index (χ1v) is 7.16. The van der Waals surface area contributed by atoms with Crippen LogP contribution in [0.5, 0.6) is 0 Å². The molecule has 4 rings (SSSR count). The van der Waals surface area contributed by atoms with Crippen LogP contribution >= 0.6 is 11.6 Å². The van der Waals surface area contributed by atoms with Gasteiger partial charge < -0.3 is 4.90 Å². The number of anilines is 1. The number of halogens is 1. The van der Waals surface area contributed by atoms with Crippen molar-refractivity contribution in [2.75, 3.05) is 18.0 Å². The summed E-state index contributed by atoms with van der Waals surface area (Å²) in [5.41, 5.74) is 0.741. The lowest BCUT2D eigenvalue weighted by molar-refractivity contribution is 0.341. The molecule has 3 aromatic rings. The fourth-order valence-electron chi connectivity index (χ4n) is 2.70. The zero-order chi connectivity index (χ0) is 14.2. The zero-order valence-electron chi connectivity index (χ0n) is 11.2. The number of aromatic nitrogens is 5. The minimum Gasteiger partial charge on any atom is -0.355 e. The molecule has 6 nitrogen and oxygen atoms in total. The van der Waals surface area contributed by atoms with Gasteiger partial charge in [-0.3, -0.25) is 4.68 Å². The maximum Gasteiger partial charge on any atom is 0.164 e. The lowest BCUT2D eigenvalue weighted by Gasteiger charge is -2.40. The molecule has 0 amide bonds. The van der Waals surface area contributed by atoms with E-state index in [1.807, 2.05) is 23.0 Å². The Balaban J connectivity index is 1.49. The highest BCUT2D eigenvalue weighted by atomic mass is 35.5. The minimum absolute atomic E-state index is 0.558. The zero-order valence-corrected chi connectivity index (χ0v) is 12.0. The van der Waals surface area contributed by atoms with E-state index in [2.05, 4.69) is 25.0 Å². The Labute approximate surface area is 126 Å². The SMILES string of the molecule is Clc1cnn(CC2CN(c3ncnc4ncccc34)C2)c1. The van der Waals surface area contributed by atoms with Crippen LogP contribution < -0.4 is 4.90 Å². The van der Waals surface area contributed by atoms with Gasteiger partial charge in [-0.15, -0.1) is 0 Å². The highest BCUT2D eigenvalue weighted by Crippen LogP contribution is 2.28. The number of hydrogen-bond acceptors (Lipinski definition) is 5. The molecule has 1 fully saturated rings. The molecule has 0 radical (unpaired) electrons. The molecule has 0 bridgehead atoms. The molecule has 7 heteroatoms. The van der Waals surface area contributed by atoms with Gasteiger partial charge in [0.15, 0.2) is 5.65 Å². The van der Waals surface area contributed by atoms with E-state index < -0.39 is 0 Å². The van der Waals surface area contributed by atoms with Gasteiger partial charge in [-0.05, 0) is 12.1 Å². The van der Waals surface area contributed by atoms with Gasteiger partial charge in [-0.2, -0.15) is 5.10 Å². The molecule has 0 aromatic carbocycles. The number of hydrogen-bond donors (Lipinski definition) is 0. The van der Waals surface area contributed by atoms with Gasteiger partial charge in [-0.25, -0.2) is 15.0 Å². The van der Waals surface area contributed by atoms with Crippen molar-refractivity contribution in [3.8, 4) is 0 Å². The van der Waals surface area contributed by atoms with Gasteiger partial charge in [-0.1, -0.05) is 11.6 Å². The van der Waals surface area contributed by atoms with Crippen molar-refractivity contribution in [1.82, 2.24) is 24.7 Å². The standard InChI is InChI=1S/C14H13ClN6/c15-11-4-19-21(8-11)7-10-5-20(6-10)14-12-2-1-3-16-13(12)17-9-18-14/h1-4,8-10H,5-7H2. The van der Waals surface area contributed by atoms with Gasteiger partial charge in [0.25, 0.3) is 0 Å². The van der Waals surface area contributed by atoms with E-state index in [0.717, 1.165) is 36.5 Å². The topological polar surface area (TPSA) is 59.7 Å². The van der Waals surface area contributed by atoms with Crippen molar-refractivity contribution < 1.29 is 0 Å². The van der Waals surface area contributed by atoms with Crippen LogP contribution in [0.2, 0.25) is 5.02 Å². The van der Waals surface area contributed by atoms with Crippen LogP contribution in [0.3, 0.4) is 0 Å². The average Bonchev–Trinajstić information content (AvgIpc) is 2.87. The van der Waals surface area contributed by atoms with Gasteiger partial charge >= 0.3 is 0 Å². The first-order valence-electron chi connectivity index (χ1n) is 6.78. The Bertz CT molecular complexity index is 774. The van der Waals surface area contributed by atoms with Gasteiger partial charge in [0, 0.05) is 37.9 Å². The molecular formula is C14H13ClN6. The molecule has 106 valence electrons. The molecule has 1 aliphatic heterocycles. The summed E-state index contributed by atoms with van der Waals surface area (Å²) in [6.45, 7) is 2.79. The first kappa shape index (κ1) is 12.5. The predicted molar refractivity (Wildman–Crippen MR) is 80.3 cm³/mol. The first-order chi connectivity index (χ1) is 10.3. The molecule has 21 heavy (non-hydrogen) atoms. The Morgan fingerprint density at radius 3 is 2.95 bits per heavy atom. The average molecular weight is 301 g/mol. The van der Waals surface area contributed by atoms with Crippen LogP contribution in [0.15, 0.2) is 37.1 Å². The Kier molecular flexibility index (Phi) is 2.96. The number of nitrogens with zero attached hydrogens (tertiary/aromatic N) is 6. The number of rotatable bonds is 3. The van der Waals surface area contributed by atoms with Crippen molar-refractivity contribution in [2.24, 2.45) is 5.92 Å². The summed E-state index contributed by atoms with van der Waals surface area (Å²) in [6.07, 6.45) is 6.85. The summed E-state index contributed by atoms with van der Waals surface area (Å²) in [5, 5.41) is 5.90. The quantitative estimate of drug-likeness (QED) is 0.740. The third-order valence-electron chi connectivity index (χ3n) is 3.69. The predicted octanol–water partition coefficient (Wildman–Crippen LogP) is 2.01. The molecule has 0 N–H and O–H groups in total. The van der Waals surface area contributed by atoms with E-state index in [-0.39, 0.29) is 0 Å². The fourth-order valence-corrected chi connectivity index (χ4v) is 2.85. The van der Waals surface area contributed by atoms with E-state index >= 15 is 0 Å². The Morgan fingerprint density at radius 2 is 2.14 bits per heavy atom. The Hall–Kier alpha value is -2.21. The molecule has 0 atom stereocenters. The van der Waals surface area contributed by atoms with E-state index in [1.54, 1.807) is 18.7 Å². The fraction of sp³-hybridized carbons (Fsp3) is 0.286. The van der Waals surface area contributed by atoms with Crippen molar-refractivity contribution in [3.05, 3.63) is 42.1 Å².